The third kappa shape index (κ3) is 3.84. The first kappa shape index (κ1) is 16.0. The van der Waals surface area contributed by atoms with Crippen LogP contribution in [0.1, 0.15) is 48.0 Å². The van der Waals surface area contributed by atoms with Crippen LogP contribution in [0.3, 0.4) is 0 Å². The maximum Gasteiger partial charge on any atom is 0.323 e. The van der Waals surface area contributed by atoms with Gasteiger partial charge in [0.05, 0.1) is 0 Å². The molecule has 1 aromatic rings. The van der Waals surface area contributed by atoms with Gasteiger partial charge in [0.1, 0.15) is 12.4 Å². The normalized spacial score (nSPS) is 15.3. The zero-order valence-corrected chi connectivity index (χ0v) is 12.4. The number of nitrogens with zero attached hydrogens (tertiary/aromatic N) is 1. The molecule has 6 nitrogen and oxygen atoms in total. The van der Waals surface area contributed by atoms with E-state index in [0.717, 1.165) is 32.1 Å². The Morgan fingerprint density at radius 3 is 2.45 bits per heavy atom. The van der Waals surface area contributed by atoms with Gasteiger partial charge in [-0.25, -0.2) is 0 Å². The number of carbonyl (C=O) groups is 2. The van der Waals surface area contributed by atoms with E-state index in [4.69, 9.17) is 16.2 Å². The average Bonchev–Trinajstić information content (AvgIpc) is 2.52. The zero-order valence-electron chi connectivity index (χ0n) is 12.4. The lowest BCUT2D eigenvalue weighted by atomic mass is 9.93. The minimum Gasteiger partial charge on any atom is -0.480 e. The highest BCUT2D eigenvalue weighted by atomic mass is 16.4. The van der Waals surface area contributed by atoms with Crippen molar-refractivity contribution in [2.45, 2.75) is 38.1 Å². The first-order valence-corrected chi connectivity index (χ1v) is 7.46. The number of nitrogens with one attached hydrogen (secondary N) is 1. The second-order valence-corrected chi connectivity index (χ2v) is 5.61. The van der Waals surface area contributed by atoms with E-state index in [-0.39, 0.29) is 24.3 Å². The van der Waals surface area contributed by atoms with Crippen LogP contribution in [0.2, 0.25) is 0 Å². The minimum atomic E-state index is -1.01. The van der Waals surface area contributed by atoms with E-state index in [1.807, 2.05) is 0 Å². The second-order valence-electron chi connectivity index (χ2n) is 5.61. The molecule has 0 heterocycles. The Morgan fingerprint density at radius 2 is 1.86 bits per heavy atom. The summed E-state index contributed by atoms with van der Waals surface area (Å²) in [6.45, 7) is -0.298. The van der Waals surface area contributed by atoms with Crippen molar-refractivity contribution in [1.82, 2.24) is 4.90 Å². The van der Waals surface area contributed by atoms with Gasteiger partial charge in [-0.2, -0.15) is 0 Å². The molecule has 1 fully saturated rings. The number of benzene rings is 1. The van der Waals surface area contributed by atoms with E-state index in [9.17, 15) is 9.59 Å². The zero-order chi connectivity index (χ0) is 16.1. The number of carboxylic acid groups (broad SMARTS) is 1. The van der Waals surface area contributed by atoms with Crippen LogP contribution in [0, 0.1) is 5.41 Å². The summed E-state index contributed by atoms with van der Waals surface area (Å²) in [5.74, 6) is -1.43. The van der Waals surface area contributed by atoms with Gasteiger partial charge >= 0.3 is 5.97 Å². The number of hydrogen-bond donors (Lipinski definition) is 3. The van der Waals surface area contributed by atoms with Gasteiger partial charge in [-0.15, -0.1) is 0 Å². The van der Waals surface area contributed by atoms with E-state index in [1.54, 1.807) is 24.3 Å². The highest BCUT2D eigenvalue weighted by Crippen LogP contribution is 2.24. The summed E-state index contributed by atoms with van der Waals surface area (Å²) in [6, 6.07) is 6.46. The summed E-state index contributed by atoms with van der Waals surface area (Å²) >= 11 is 0. The molecular weight excluding hydrogens is 282 g/mol. The molecule has 22 heavy (non-hydrogen) atoms. The van der Waals surface area contributed by atoms with Crippen molar-refractivity contribution in [2.75, 3.05) is 6.54 Å². The fourth-order valence-corrected chi connectivity index (χ4v) is 2.89. The molecule has 2 rings (SSSR count). The molecule has 1 aromatic carbocycles. The average molecular weight is 303 g/mol. The standard InChI is InChI=1S/C16H21N3O3/c17-15(18)11-5-4-6-12(9-11)16(22)19(10-14(20)21)13-7-2-1-3-8-13/h4-6,9,13H,1-3,7-8,10H2,(H3,17,18)(H,20,21). The Morgan fingerprint density at radius 1 is 1.23 bits per heavy atom. The first-order valence-electron chi connectivity index (χ1n) is 7.46. The van der Waals surface area contributed by atoms with Crippen molar-refractivity contribution < 1.29 is 14.7 Å². The molecule has 0 bridgehead atoms. The van der Waals surface area contributed by atoms with Crippen molar-refractivity contribution in [2.24, 2.45) is 5.73 Å². The molecule has 0 radical (unpaired) electrons. The Hall–Kier alpha value is -2.37. The molecule has 1 aliphatic carbocycles. The van der Waals surface area contributed by atoms with Gasteiger partial charge in [0.15, 0.2) is 0 Å². The van der Waals surface area contributed by atoms with E-state index < -0.39 is 5.97 Å². The monoisotopic (exact) mass is 303 g/mol. The van der Waals surface area contributed by atoms with Crippen molar-refractivity contribution in [1.29, 1.82) is 5.41 Å². The molecule has 1 aliphatic rings. The van der Waals surface area contributed by atoms with Crippen LogP contribution in [0.15, 0.2) is 24.3 Å². The third-order valence-corrected chi connectivity index (χ3v) is 4.00. The van der Waals surface area contributed by atoms with Crippen LogP contribution >= 0.6 is 0 Å². The number of carbonyl (C=O) groups excluding carboxylic acids is 1. The van der Waals surface area contributed by atoms with Crippen LogP contribution in [-0.4, -0.2) is 40.3 Å². The highest BCUT2D eigenvalue weighted by molar-refractivity contribution is 6.00. The number of aliphatic carboxylic acids is 1. The second kappa shape index (κ2) is 7.06. The molecule has 0 spiro atoms. The largest absolute Gasteiger partial charge is 0.480 e. The molecule has 0 aliphatic heterocycles. The summed E-state index contributed by atoms with van der Waals surface area (Å²) in [5.41, 5.74) is 6.28. The van der Waals surface area contributed by atoms with Crippen molar-refractivity contribution in [3.8, 4) is 0 Å². The molecule has 0 atom stereocenters. The minimum absolute atomic E-state index is 0.0293. The van der Waals surface area contributed by atoms with Gasteiger partial charge in [0.2, 0.25) is 0 Å². The van der Waals surface area contributed by atoms with Crippen LogP contribution in [0.4, 0.5) is 0 Å². The molecule has 118 valence electrons. The number of hydrogen-bond acceptors (Lipinski definition) is 3. The smallest absolute Gasteiger partial charge is 0.323 e. The Kier molecular flexibility index (Phi) is 5.14. The maximum absolute atomic E-state index is 12.7. The van der Waals surface area contributed by atoms with E-state index in [0.29, 0.717) is 11.1 Å². The van der Waals surface area contributed by atoms with E-state index >= 15 is 0 Å². The van der Waals surface area contributed by atoms with Crippen LogP contribution in [0.5, 0.6) is 0 Å². The van der Waals surface area contributed by atoms with Crippen LogP contribution in [-0.2, 0) is 4.79 Å². The van der Waals surface area contributed by atoms with Gasteiger partial charge < -0.3 is 15.7 Å². The van der Waals surface area contributed by atoms with Gasteiger partial charge in [-0.1, -0.05) is 31.4 Å². The van der Waals surface area contributed by atoms with E-state index in [1.165, 1.54) is 4.90 Å². The van der Waals surface area contributed by atoms with E-state index in [2.05, 4.69) is 0 Å². The lowest BCUT2D eigenvalue weighted by Crippen LogP contribution is -2.44. The fraction of sp³-hybridized carbons (Fsp3) is 0.438. The number of amides is 1. The molecule has 1 amide bonds. The summed E-state index contributed by atoms with van der Waals surface area (Å²) < 4.78 is 0. The topological polar surface area (TPSA) is 107 Å². The van der Waals surface area contributed by atoms with Gasteiger partial charge in [-0.05, 0) is 25.0 Å². The number of amidine groups is 1. The molecule has 0 saturated heterocycles. The summed E-state index contributed by atoms with van der Waals surface area (Å²) in [5, 5.41) is 16.6. The number of carboxylic acids is 1. The number of rotatable bonds is 5. The maximum atomic E-state index is 12.7. The molecule has 6 heteroatoms. The quantitative estimate of drug-likeness (QED) is 0.569. The SMILES string of the molecule is N=C(N)c1cccc(C(=O)N(CC(=O)O)C2CCCCC2)c1. The van der Waals surface area contributed by atoms with Gasteiger partial charge in [0, 0.05) is 17.2 Å². The predicted molar refractivity (Wildman–Crippen MR) is 83.0 cm³/mol. The van der Waals surface area contributed by atoms with Gasteiger partial charge in [-0.3, -0.25) is 15.0 Å². The Labute approximate surface area is 129 Å². The molecular formula is C16H21N3O3. The lowest BCUT2D eigenvalue weighted by molar-refractivity contribution is -0.138. The van der Waals surface area contributed by atoms with Crippen LogP contribution in [0.25, 0.3) is 0 Å². The molecule has 0 aromatic heterocycles. The van der Waals surface area contributed by atoms with Crippen molar-refractivity contribution >= 4 is 17.7 Å². The summed E-state index contributed by atoms with van der Waals surface area (Å²) in [7, 11) is 0. The molecule has 4 N–H and O–H groups in total. The number of nitrogen functional groups attached to an aromatic ring is 1. The molecule has 0 unspecified atom stereocenters. The molecule has 1 saturated carbocycles. The summed E-state index contributed by atoms with van der Waals surface area (Å²) in [4.78, 5) is 25.3. The van der Waals surface area contributed by atoms with Crippen molar-refractivity contribution in [3.63, 3.8) is 0 Å². The Bertz CT molecular complexity index is 580. The third-order valence-electron chi connectivity index (χ3n) is 4.00. The van der Waals surface area contributed by atoms with Gasteiger partial charge in [0.25, 0.3) is 5.91 Å². The van der Waals surface area contributed by atoms with Crippen LogP contribution < -0.4 is 5.73 Å². The van der Waals surface area contributed by atoms with Crippen molar-refractivity contribution in [3.05, 3.63) is 35.4 Å². The summed E-state index contributed by atoms with van der Waals surface area (Å²) in [6.07, 6.45) is 4.84. The number of nitrogens with two attached hydrogens (primary N) is 1. The Balaban J connectivity index is 2.25. The predicted octanol–water partition coefficient (Wildman–Crippen LogP) is 1.83. The fourth-order valence-electron chi connectivity index (χ4n) is 2.89. The highest BCUT2D eigenvalue weighted by Gasteiger charge is 2.28. The lowest BCUT2D eigenvalue weighted by Gasteiger charge is -2.33. The first-order chi connectivity index (χ1) is 10.5.